The van der Waals surface area contributed by atoms with Crippen LogP contribution in [0.15, 0.2) is 59.3 Å². The van der Waals surface area contributed by atoms with Crippen LogP contribution in [0.25, 0.3) is 22.2 Å². The van der Waals surface area contributed by atoms with E-state index in [9.17, 15) is 4.79 Å². The number of carbonyl (C=O) groups is 1. The van der Waals surface area contributed by atoms with Crippen LogP contribution >= 0.6 is 11.3 Å². The summed E-state index contributed by atoms with van der Waals surface area (Å²) in [5.41, 5.74) is 4.59. The number of benzene rings is 2. The molecule has 0 radical (unpaired) electrons. The van der Waals surface area contributed by atoms with E-state index in [1.54, 1.807) is 18.4 Å². The summed E-state index contributed by atoms with van der Waals surface area (Å²) in [6.07, 6.45) is 4.61. The molecule has 2 aromatic carbocycles. The Morgan fingerprint density at radius 3 is 2.66 bits per heavy atom. The topological polar surface area (TPSA) is 79.5 Å². The summed E-state index contributed by atoms with van der Waals surface area (Å²) in [5.74, 6) is 1.37. The van der Waals surface area contributed by atoms with Gasteiger partial charge in [0.15, 0.2) is 0 Å². The Balaban J connectivity index is 1.13. The van der Waals surface area contributed by atoms with Gasteiger partial charge in [0.05, 0.1) is 23.9 Å². The Morgan fingerprint density at radius 1 is 1.13 bits per heavy atom. The molecule has 1 aliphatic heterocycles. The Morgan fingerprint density at radius 2 is 1.95 bits per heavy atom. The molecule has 0 spiro atoms. The molecule has 38 heavy (non-hydrogen) atoms. The van der Waals surface area contributed by atoms with Gasteiger partial charge < -0.3 is 19.7 Å². The Hall–Kier alpha value is -3.20. The molecule has 1 saturated carbocycles. The molecule has 2 aliphatic rings. The van der Waals surface area contributed by atoms with E-state index in [2.05, 4.69) is 37.2 Å². The number of aromatic amines is 1. The Kier molecular flexibility index (Phi) is 7.44. The maximum absolute atomic E-state index is 13.2. The number of hydrogen-bond donors (Lipinski definition) is 2. The van der Waals surface area contributed by atoms with Gasteiger partial charge in [0.2, 0.25) is 0 Å². The lowest BCUT2D eigenvalue weighted by Gasteiger charge is -2.31. The summed E-state index contributed by atoms with van der Waals surface area (Å²) >= 11 is 1.67. The number of hydrogen-bond acceptors (Lipinski definition) is 6. The average molecular weight is 531 g/mol. The fourth-order valence-electron chi connectivity index (χ4n) is 5.31. The van der Waals surface area contributed by atoms with E-state index in [0.29, 0.717) is 11.5 Å². The highest BCUT2D eigenvalue weighted by molar-refractivity contribution is 7.08. The van der Waals surface area contributed by atoms with Gasteiger partial charge in [-0.2, -0.15) is 16.4 Å². The molecule has 1 unspecified atom stereocenters. The molecular formula is C30H34N4O3S. The number of fused-ring (bicyclic) bond motifs is 1. The maximum Gasteiger partial charge on any atom is 0.251 e. The predicted molar refractivity (Wildman–Crippen MR) is 151 cm³/mol. The van der Waals surface area contributed by atoms with Crippen LogP contribution in [0.3, 0.4) is 0 Å². The minimum Gasteiger partial charge on any atom is -0.490 e. The van der Waals surface area contributed by atoms with Crippen molar-refractivity contribution in [3.63, 3.8) is 0 Å². The maximum atomic E-state index is 13.2. The van der Waals surface area contributed by atoms with E-state index >= 15 is 0 Å². The summed E-state index contributed by atoms with van der Waals surface area (Å²) in [6.45, 7) is 3.83. The number of ether oxygens (including phenoxy) is 2. The average Bonchev–Trinajstić information content (AvgIpc) is 3.47. The van der Waals surface area contributed by atoms with Crippen LogP contribution in [0.2, 0.25) is 0 Å². The number of thiophene rings is 1. The van der Waals surface area contributed by atoms with Crippen molar-refractivity contribution >= 4 is 28.1 Å². The van der Waals surface area contributed by atoms with Gasteiger partial charge in [0.25, 0.3) is 5.91 Å². The first kappa shape index (κ1) is 25.1. The van der Waals surface area contributed by atoms with Crippen LogP contribution in [0.1, 0.15) is 47.6 Å². The monoisotopic (exact) mass is 530 g/mol. The number of piperidine rings is 1. The molecule has 2 fully saturated rings. The third-order valence-corrected chi connectivity index (χ3v) is 8.39. The van der Waals surface area contributed by atoms with Crippen molar-refractivity contribution < 1.29 is 14.3 Å². The molecule has 7 nitrogen and oxygen atoms in total. The van der Waals surface area contributed by atoms with Gasteiger partial charge >= 0.3 is 0 Å². The molecule has 1 atom stereocenters. The third-order valence-electron chi connectivity index (χ3n) is 7.68. The van der Waals surface area contributed by atoms with E-state index in [-0.39, 0.29) is 18.1 Å². The first-order valence-electron chi connectivity index (χ1n) is 13.5. The van der Waals surface area contributed by atoms with Crippen LogP contribution in [-0.2, 0) is 4.74 Å². The van der Waals surface area contributed by atoms with Gasteiger partial charge in [-0.15, -0.1) is 0 Å². The second kappa shape index (κ2) is 11.3. The minimum absolute atomic E-state index is 0.0424. The third kappa shape index (κ3) is 5.62. The van der Waals surface area contributed by atoms with Crippen molar-refractivity contribution in [1.82, 2.24) is 20.4 Å². The van der Waals surface area contributed by atoms with Crippen LogP contribution in [0.4, 0.5) is 0 Å². The summed E-state index contributed by atoms with van der Waals surface area (Å²) < 4.78 is 11.5. The van der Waals surface area contributed by atoms with Gasteiger partial charge in [-0.25, -0.2) is 0 Å². The van der Waals surface area contributed by atoms with Crippen molar-refractivity contribution in [3.8, 4) is 17.0 Å². The van der Waals surface area contributed by atoms with E-state index in [0.717, 1.165) is 67.0 Å². The Labute approximate surface area is 227 Å². The molecule has 6 rings (SSSR count). The Bertz CT molecular complexity index is 1360. The molecular weight excluding hydrogens is 496 g/mol. The summed E-state index contributed by atoms with van der Waals surface area (Å²) in [7, 11) is 1.75. The molecule has 8 heteroatoms. The normalized spacial score (nSPS) is 17.5. The van der Waals surface area contributed by atoms with Gasteiger partial charge in [-0.05, 0) is 96.5 Å². The lowest BCUT2D eigenvalue weighted by molar-refractivity contribution is 0.0797. The molecule has 1 amide bonds. The number of nitrogens with one attached hydrogen (secondary N) is 2. The van der Waals surface area contributed by atoms with Crippen molar-refractivity contribution in [2.24, 2.45) is 5.92 Å². The van der Waals surface area contributed by atoms with E-state index in [1.807, 2.05) is 42.5 Å². The van der Waals surface area contributed by atoms with Crippen LogP contribution < -0.4 is 10.1 Å². The fourth-order valence-corrected chi connectivity index (χ4v) is 6.01. The zero-order chi connectivity index (χ0) is 25.9. The molecule has 2 aromatic heterocycles. The molecule has 2 N–H and O–H groups in total. The standard InChI is InChI=1S/C30H34N4O3S/c1-36-16-15-34-13-10-25(11-14-34)37-24-7-4-21(5-8-24)29-26-18-22(6-9-27(26)32-33-29)30(35)31-28(20-2-3-20)23-12-17-38-19-23/h4-9,12,17-20,25,28H,2-3,10-11,13-16H2,1H3,(H,31,35)(H,32,33). The van der Waals surface area contributed by atoms with E-state index in [1.165, 1.54) is 18.4 Å². The molecule has 1 saturated heterocycles. The van der Waals surface area contributed by atoms with Crippen molar-refractivity contribution in [2.45, 2.75) is 37.8 Å². The van der Waals surface area contributed by atoms with Crippen molar-refractivity contribution in [1.29, 1.82) is 0 Å². The molecule has 3 heterocycles. The lowest BCUT2D eigenvalue weighted by atomic mass is 10.0. The summed E-state index contributed by atoms with van der Waals surface area (Å²) in [5, 5.41) is 16.1. The van der Waals surface area contributed by atoms with E-state index < -0.39 is 0 Å². The van der Waals surface area contributed by atoms with Gasteiger partial charge in [-0.3, -0.25) is 9.89 Å². The number of amides is 1. The highest BCUT2D eigenvalue weighted by Gasteiger charge is 2.34. The largest absolute Gasteiger partial charge is 0.490 e. The molecule has 1 aliphatic carbocycles. The van der Waals surface area contributed by atoms with Crippen LogP contribution in [-0.4, -0.2) is 60.5 Å². The molecule has 198 valence electrons. The number of likely N-dealkylation sites (tertiary alicyclic amines) is 1. The summed E-state index contributed by atoms with van der Waals surface area (Å²) in [6, 6.07) is 16.1. The second-order valence-electron chi connectivity index (χ2n) is 10.4. The quantitative estimate of drug-likeness (QED) is 0.277. The van der Waals surface area contributed by atoms with E-state index in [4.69, 9.17) is 9.47 Å². The predicted octanol–water partition coefficient (Wildman–Crippen LogP) is 5.66. The first-order chi connectivity index (χ1) is 18.7. The highest BCUT2D eigenvalue weighted by atomic mass is 32.1. The zero-order valence-electron chi connectivity index (χ0n) is 21.7. The van der Waals surface area contributed by atoms with Gasteiger partial charge in [0, 0.05) is 43.3 Å². The number of methoxy groups -OCH3 is 1. The van der Waals surface area contributed by atoms with Crippen LogP contribution in [0.5, 0.6) is 5.75 Å². The molecule has 0 bridgehead atoms. The fraction of sp³-hybridized carbons (Fsp3) is 0.400. The zero-order valence-corrected chi connectivity index (χ0v) is 22.5. The van der Waals surface area contributed by atoms with Gasteiger partial charge in [0.1, 0.15) is 11.9 Å². The van der Waals surface area contributed by atoms with Crippen molar-refractivity contribution in [2.75, 3.05) is 33.4 Å². The lowest BCUT2D eigenvalue weighted by Crippen LogP contribution is -2.39. The number of nitrogens with zero attached hydrogens (tertiary/aromatic N) is 2. The van der Waals surface area contributed by atoms with Crippen LogP contribution in [0, 0.1) is 5.92 Å². The number of H-pyrrole nitrogens is 1. The number of rotatable bonds is 10. The van der Waals surface area contributed by atoms with Crippen molar-refractivity contribution in [3.05, 3.63) is 70.4 Å². The number of carbonyl (C=O) groups excluding carboxylic acids is 1. The molecule has 4 aromatic rings. The SMILES string of the molecule is COCCN1CCC(Oc2ccc(-c3n[nH]c4ccc(C(=O)NC(c5ccsc5)C5CC5)cc34)cc2)CC1. The smallest absolute Gasteiger partial charge is 0.251 e. The van der Waals surface area contributed by atoms with Gasteiger partial charge in [-0.1, -0.05) is 0 Å². The summed E-state index contributed by atoms with van der Waals surface area (Å²) in [4.78, 5) is 15.7. The highest BCUT2D eigenvalue weighted by Crippen LogP contribution is 2.41. The first-order valence-corrected chi connectivity index (χ1v) is 14.4. The minimum atomic E-state index is -0.0424. The number of aromatic nitrogens is 2. The second-order valence-corrected chi connectivity index (χ2v) is 11.1.